The molecule has 0 radical (unpaired) electrons. The van der Waals surface area contributed by atoms with Gasteiger partial charge >= 0.3 is 0 Å². The third kappa shape index (κ3) is 5.94. The van der Waals surface area contributed by atoms with Crippen molar-refractivity contribution in [1.82, 2.24) is 10.2 Å². The number of unbranched alkanes of at least 4 members (excludes halogenated alkanes) is 1. The van der Waals surface area contributed by atoms with Crippen LogP contribution >= 0.6 is 0 Å². The molecule has 1 aromatic carbocycles. The van der Waals surface area contributed by atoms with E-state index in [-0.39, 0.29) is 11.9 Å². The zero-order valence-corrected chi connectivity index (χ0v) is 14.0. The molecule has 0 bridgehead atoms. The molecule has 2 rings (SSSR count). The Hall–Kier alpha value is -1.43. The molecular formula is C18H29N3O2. The summed E-state index contributed by atoms with van der Waals surface area (Å²) in [5, 5.41) is 3.04. The van der Waals surface area contributed by atoms with Crippen molar-refractivity contribution in [2.45, 2.75) is 44.9 Å². The van der Waals surface area contributed by atoms with Crippen molar-refractivity contribution in [2.75, 3.05) is 26.2 Å². The molecular weight excluding hydrogens is 290 g/mol. The Kier molecular flexibility index (Phi) is 7.52. The molecule has 1 heterocycles. The molecule has 0 aliphatic carbocycles. The predicted molar refractivity (Wildman–Crippen MR) is 92.0 cm³/mol. The first-order valence-electron chi connectivity index (χ1n) is 8.61. The quantitative estimate of drug-likeness (QED) is 0.762. The molecule has 1 fully saturated rings. The number of nitrogens with one attached hydrogen (secondary N) is 1. The third-order valence-corrected chi connectivity index (χ3v) is 4.23. The van der Waals surface area contributed by atoms with E-state index in [1.165, 1.54) is 5.56 Å². The van der Waals surface area contributed by atoms with Crippen LogP contribution in [0.25, 0.3) is 0 Å². The zero-order chi connectivity index (χ0) is 16.5. The number of amides is 1. The van der Waals surface area contributed by atoms with Gasteiger partial charge in [-0.25, -0.2) is 0 Å². The smallest absolute Gasteiger partial charge is 0.250 e. The third-order valence-electron chi connectivity index (χ3n) is 4.23. The SMILES string of the molecule is CCCCC(CN)NC(=O)C1CN(Cc2ccccc2)CCO1. The number of nitrogens with zero attached hydrogens (tertiary/aromatic N) is 1. The van der Waals surface area contributed by atoms with Gasteiger partial charge in [0.15, 0.2) is 0 Å². The number of hydrogen-bond acceptors (Lipinski definition) is 4. The first kappa shape index (κ1) is 17.9. The molecule has 5 nitrogen and oxygen atoms in total. The molecule has 23 heavy (non-hydrogen) atoms. The summed E-state index contributed by atoms with van der Waals surface area (Å²) in [6.45, 7) is 5.55. The van der Waals surface area contributed by atoms with Gasteiger partial charge < -0.3 is 15.8 Å². The Morgan fingerprint density at radius 3 is 2.91 bits per heavy atom. The first-order chi connectivity index (χ1) is 11.2. The summed E-state index contributed by atoms with van der Waals surface area (Å²) in [5.74, 6) is -0.0330. The van der Waals surface area contributed by atoms with E-state index >= 15 is 0 Å². The molecule has 5 heteroatoms. The highest BCUT2D eigenvalue weighted by atomic mass is 16.5. The molecule has 3 N–H and O–H groups in total. The fraction of sp³-hybridized carbons (Fsp3) is 0.611. The Morgan fingerprint density at radius 2 is 2.22 bits per heavy atom. The van der Waals surface area contributed by atoms with E-state index in [0.717, 1.165) is 32.4 Å². The fourth-order valence-electron chi connectivity index (χ4n) is 2.84. The van der Waals surface area contributed by atoms with E-state index in [2.05, 4.69) is 29.3 Å². The maximum Gasteiger partial charge on any atom is 0.250 e. The summed E-state index contributed by atoms with van der Waals surface area (Å²) in [5.41, 5.74) is 7.02. The van der Waals surface area contributed by atoms with Crippen LogP contribution in [-0.4, -0.2) is 49.2 Å². The van der Waals surface area contributed by atoms with Crippen LogP contribution in [0.2, 0.25) is 0 Å². The maximum absolute atomic E-state index is 12.4. The van der Waals surface area contributed by atoms with E-state index in [1.807, 2.05) is 18.2 Å². The van der Waals surface area contributed by atoms with E-state index in [0.29, 0.717) is 19.7 Å². The second-order valence-electron chi connectivity index (χ2n) is 6.16. The lowest BCUT2D eigenvalue weighted by Gasteiger charge is -2.33. The average Bonchev–Trinajstić information content (AvgIpc) is 2.59. The lowest BCUT2D eigenvalue weighted by molar-refractivity contribution is -0.139. The van der Waals surface area contributed by atoms with Gasteiger partial charge in [0, 0.05) is 32.2 Å². The number of hydrogen-bond donors (Lipinski definition) is 2. The van der Waals surface area contributed by atoms with Crippen molar-refractivity contribution >= 4 is 5.91 Å². The van der Waals surface area contributed by atoms with Crippen molar-refractivity contribution in [3.8, 4) is 0 Å². The first-order valence-corrected chi connectivity index (χ1v) is 8.61. The topological polar surface area (TPSA) is 67.6 Å². The van der Waals surface area contributed by atoms with Gasteiger partial charge in [-0.05, 0) is 12.0 Å². The number of carbonyl (C=O) groups excluding carboxylic acids is 1. The highest BCUT2D eigenvalue weighted by Gasteiger charge is 2.27. The van der Waals surface area contributed by atoms with E-state index in [1.54, 1.807) is 0 Å². The van der Waals surface area contributed by atoms with Gasteiger partial charge in [0.1, 0.15) is 6.10 Å². The van der Waals surface area contributed by atoms with Crippen molar-refractivity contribution in [2.24, 2.45) is 5.73 Å². The van der Waals surface area contributed by atoms with Gasteiger partial charge in [0.05, 0.1) is 6.61 Å². The molecule has 1 amide bonds. The summed E-state index contributed by atoms with van der Waals surface area (Å²) < 4.78 is 5.66. The molecule has 1 saturated heterocycles. The van der Waals surface area contributed by atoms with Crippen LogP contribution < -0.4 is 11.1 Å². The summed E-state index contributed by atoms with van der Waals surface area (Å²) in [6.07, 6.45) is 2.72. The zero-order valence-electron chi connectivity index (χ0n) is 14.0. The van der Waals surface area contributed by atoms with Crippen molar-refractivity contribution in [3.05, 3.63) is 35.9 Å². The minimum absolute atomic E-state index is 0.0330. The van der Waals surface area contributed by atoms with Crippen LogP contribution in [0.5, 0.6) is 0 Å². The van der Waals surface area contributed by atoms with Gasteiger partial charge in [-0.2, -0.15) is 0 Å². The van der Waals surface area contributed by atoms with E-state index in [9.17, 15) is 4.79 Å². The van der Waals surface area contributed by atoms with Gasteiger partial charge in [-0.15, -0.1) is 0 Å². The van der Waals surface area contributed by atoms with Gasteiger partial charge in [0.25, 0.3) is 5.91 Å². The lowest BCUT2D eigenvalue weighted by Crippen LogP contribution is -2.52. The van der Waals surface area contributed by atoms with Gasteiger partial charge in [0.2, 0.25) is 0 Å². The molecule has 1 aliphatic rings. The molecule has 0 saturated carbocycles. The number of rotatable bonds is 8. The number of ether oxygens (including phenoxy) is 1. The molecule has 128 valence electrons. The molecule has 1 aliphatic heterocycles. The van der Waals surface area contributed by atoms with Crippen LogP contribution in [0, 0.1) is 0 Å². The monoisotopic (exact) mass is 319 g/mol. The van der Waals surface area contributed by atoms with Crippen molar-refractivity contribution in [3.63, 3.8) is 0 Å². The lowest BCUT2D eigenvalue weighted by atomic mass is 10.1. The van der Waals surface area contributed by atoms with Crippen molar-refractivity contribution in [1.29, 1.82) is 0 Å². The maximum atomic E-state index is 12.4. The van der Waals surface area contributed by atoms with Crippen LogP contribution in [0.15, 0.2) is 30.3 Å². The van der Waals surface area contributed by atoms with E-state index < -0.39 is 6.10 Å². The predicted octanol–water partition coefficient (Wildman–Crippen LogP) is 1.52. The second-order valence-corrected chi connectivity index (χ2v) is 6.16. The Labute approximate surface area is 139 Å². The van der Waals surface area contributed by atoms with E-state index in [4.69, 9.17) is 10.5 Å². The Bertz CT molecular complexity index is 467. The minimum atomic E-state index is -0.400. The number of carbonyl (C=O) groups is 1. The average molecular weight is 319 g/mol. The largest absolute Gasteiger partial charge is 0.366 e. The van der Waals surface area contributed by atoms with Crippen LogP contribution in [0.4, 0.5) is 0 Å². The molecule has 0 spiro atoms. The highest BCUT2D eigenvalue weighted by molar-refractivity contribution is 5.81. The Balaban J connectivity index is 1.83. The fourth-order valence-corrected chi connectivity index (χ4v) is 2.84. The van der Waals surface area contributed by atoms with Crippen molar-refractivity contribution < 1.29 is 9.53 Å². The number of nitrogens with two attached hydrogens (primary N) is 1. The van der Waals surface area contributed by atoms with Gasteiger partial charge in [-0.3, -0.25) is 9.69 Å². The summed E-state index contributed by atoms with van der Waals surface area (Å²) in [6, 6.07) is 10.4. The molecule has 2 atom stereocenters. The number of benzene rings is 1. The standard InChI is InChI=1S/C18H29N3O2/c1-2-3-9-16(12-19)20-18(22)17-14-21(10-11-23-17)13-15-7-5-4-6-8-15/h4-8,16-17H,2-3,9-14,19H2,1H3,(H,20,22). The highest BCUT2D eigenvalue weighted by Crippen LogP contribution is 2.11. The summed E-state index contributed by atoms with van der Waals surface area (Å²) in [7, 11) is 0. The minimum Gasteiger partial charge on any atom is -0.366 e. The summed E-state index contributed by atoms with van der Waals surface area (Å²) >= 11 is 0. The number of morpholine rings is 1. The summed E-state index contributed by atoms with van der Waals surface area (Å²) in [4.78, 5) is 14.7. The van der Waals surface area contributed by atoms with Crippen LogP contribution in [0.3, 0.4) is 0 Å². The van der Waals surface area contributed by atoms with Gasteiger partial charge in [-0.1, -0.05) is 50.1 Å². The van der Waals surface area contributed by atoms with Crippen LogP contribution in [0.1, 0.15) is 31.7 Å². The normalized spacial score (nSPS) is 20.2. The molecule has 2 unspecified atom stereocenters. The molecule has 0 aromatic heterocycles. The Morgan fingerprint density at radius 1 is 1.43 bits per heavy atom. The molecule has 1 aromatic rings. The van der Waals surface area contributed by atoms with Crippen LogP contribution in [-0.2, 0) is 16.1 Å². The second kappa shape index (κ2) is 9.65.